The predicted molar refractivity (Wildman–Crippen MR) is 138 cm³/mol. The maximum Gasteiger partial charge on any atom is 0.339 e. The highest BCUT2D eigenvalue weighted by atomic mass is 79.9. The predicted octanol–water partition coefficient (Wildman–Crippen LogP) is 6.12. The van der Waals surface area contributed by atoms with Crippen LogP contribution in [0.25, 0.3) is 6.08 Å². The highest BCUT2D eigenvalue weighted by molar-refractivity contribution is 9.10. The van der Waals surface area contributed by atoms with Gasteiger partial charge in [-0.25, -0.2) is 0 Å². The Labute approximate surface area is 219 Å². The monoisotopic (exact) mass is 593 g/mol. The van der Waals surface area contributed by atoms with E-state index in [9.17, 15) is 18.0 Å². The van der Waals surface area contributed by atoms with Crippen LogP contribution in [0.3, 0.4) is 0 Å². The molecular formula is C24H17BrClNO6S2. The lowest BCUT2D eigenvalue weighted by Crippen LogP contribution is -2.27. The van der Waals surface area contributed by atoms with E-state index in [1.165, 1.54) is 37.4 Å². The average Bonchev–Trinajstić information content (AvgIpc) is 3.09. The molecular weight excluding hydrogens is 578 g/mol. The maximum absolute atomic E-state index is 12.8. The Kier molecular flexibility index (Phi) is 7.56. The van der Waals surface area contributed by atoms with Crippen molar-refractivity contribution >= 4 is 66.6 Å². The van der Waals surface area contributed by atoms with Gasteiger partial charge in [0.15, 0.2) is 5.75 Å². The quantitative estimate of drug-likeness (QED) is 0.241. The van der Waals surface area contributed by atoms with Crippen LogP contribution in [0.1, 0.15) is 11.1 Å². The molecule has 1 aliphatic rings. The van der Waals surface area contributed by atoms with E-state index in [1.54, 1.807) is 42.5 Å². The number of amides is 2. The minimum atomic E-state index is -4.07. The zero-order valence-corrected chi connectivity index (χ0v) is 22.1. The Morgan fingerprint density at radius 1 is 1.06 bits per heavy atom. The van der Waals surface area contributed by atoms with E-state index in [2.05, 4.69) is 15.9 Å². The van der Waals surface area contributed by atoms with E-state index >= 15 is 0 Å². The third-order valence-corrected chi connectivity index (χ3v) is 8.11. The molecule has 3 aromatic carbocycles. The molecule has 2 amide bonds. The second-order valence-electron chi connectivity index (χ2n) is 7.26. The van der Waals surface area contributed by atoms with Crippen LogP contribution in [0, 0.1) is 0 Å². The van der Waals surface area contributed by atoms with Gasteiger partial charge in [0.2, 0.25) is 0 Å². The van der Waals surface area contributed by atoms with Crippen molar-refractivity contribution in [2.24, 2.45) is 0 Å². The zero-order valence-electron chi connectivity index (χ0n) is 18.1. The van der Waals surface area contributed by atoms with Crippen molar-refractivity contribution in [1.82, 2.24) is 4.90 Å². The third-order valence-electron chi connectivity index (χ3n) is 4.96. The van der Waals surface area contributed by atoms with Crippen molar-refractivity contribution in [2.45, 2.75) is 11.4 Å². The first kappa shape index (κ1) is 25.3. The molecule has 0 aromatic heterocycles. The van der Waals surface area contributed by atoms with Crippen molar-refractivity contribution in [3.05, 3.63) is 92.3 Å². The first-order valence-corrected chi connectivity index (χ1v) is 13.4. The first-order chi connectivity index (χ1) is 16.7. The fraction of sp³-hybridized carbons (Fsp3) is 0.0833. The molecule has 35 heavy (non-hydrogen) atoms. The van der Waals surface area contributed by atoms with Gasteiger partial charge in [-0.1, -0.05) is 35.9 Å². The molecule has 4 rings (SSSR count). The number of hydrogen-bond acceptors (Lipinski definition) is 7. The molecule has 1 saturated heterocycles. The number of halogens is 2. The smallest absolute Gasteiger partial charge is 0.339 e. The summed E-state index contributed by atoms with van der Waals surface area (Å²) in [5, 5.41) is 0.0745. The second-order valence-corrected chi connectivity index (χ2v) is 11.1. The van der Waals surface area contributed by atoms with Crippen LogP contribution in [0.5, 0.6) is 11.5 Å². The Balaban J connectivity index is 1.51. The van der Waals surface area contributed by atoms with E-state index in [0.717, 1.165) is 16.7 Å². The number of rotatable bonds is 7. The molecule has 1 fully saturated rings. The number of carbonyl (C=O) groups is 2. The number of thioether (sulfide) groups is 1. The lowest BCUT2D eigenvalue weighted by Gasteiger charge is -2.13. The molecule has 7 nitrogen and oxygen atoms in total. The number of imide groups is 1. The molecule has 3 aromatic rings. The highest BCUT2D eigenvalue weighted by Crippen LogP contribution is 2.36. The largest absolute Gasteiger partial charge is 0.497 e. The summed E-state index contributed by atoms with van der Waals surface area (Å²) in [5.74, 6) is 0.161. The van der Waals surface area contributed by atoms with E-state index in [-0.39, 0.29) is 22.1 Å². The van der Waals surface area contributed by atoms with Crippen LogP contribution in [0.2, 0.25) is 5.02 Å². The van der Waals surface area contributed by atoms with Crippen molar-refractivity contribution in [3.63, 3.8) is 0 Å². The number of ether oxygens (including phenoxy) is 1. The number of carbonyl (C=O) groups excluding carboxylic acids is 2. The molecule has 0 spiro atoms. The molecule has 0 aliphatic carbocycles. The van der Waals surface area contributed by atoms with Crippen LogP contribution in [0.15, 0.2) is 81.0 Å². The fourth-order valence-electron chi connectivity index (χ4n) is 3.17. The second kappa shape index (κ2) is 10.4. The van der Waals surface area contributed by atoms with E-state index in [0.29, 0.717) is 26.4 Å². The van der Waals surface area contributed by atoms with Gasteiger partial charge in [0.1, 0.15) is 10.6 Å². The standard InChI is InChI=1S/C24H17BrClNO6S2/c1-32-17-7-9-18(10-8-17)35(30,31)33-21-11-6-15(12-19(21)25)13-22-23(28)27(24(29)34-22)14-16-4-2-3-5-20(16)26/h2-13H,14H2,1H3/b22-13-. The summed E-state index contributed by atoms with van der Waals surface area (Å²) in [7, 11) is -2.59. The molecule has 0 N–H and O–H groups in total. The minimum absolute atomic E-state index is 0.0264. The van der Waals surface area contributed by atoms with Gasteiger partial charge in [-0.05, 0) is 87.4 Å². The summed E-state index contributed by atoms with van der Waals surface area (Å²) >= 11 is 10.3. The molecule has 180 valence electrons. The summed E-state index contributed by atoms with van der Waals surface area (Å²) in [6, 6.07) is 17.5. The van der Waals surface area contributed by atoms with Gasteiger partial charge in [0, 0.05) is 5.02 Å². The van der Waals surface area contributed by atoms with Crippen LogP contribution in [-0.2, 0) is 21.5 Å². The average molecular weight is 595 g/mol. The van der Waals surface area contributed by atoms with Crippen molar-refractivity contribution in [1.29, 1.82) is 0 Å². The summed E-state index contributed by atoms with van der Waals surface area (Å²) in [5.41, 5.74) is 1.24. The topological polar surface area (TPSA) is 90.0 Å². The van der Waals surface area contributed by atoms with Gasteiger partial charge in [0.25, 0.3) is 11.1 Å². The molecule has 1 aliphatic heterocycles. The lowest BCUT2D eigenvalue weighted by molar-refractivity contribution is -0.123. The number of hydrogen-bond donors (Lipinski definition) is 0. The Bertz CT molecular complexity index is 1440. The van der Waals surface area contributed by atoms with Crippen molar-refractivity contribution < 1.29 is 26.9 Å². The summed E-state index contributed by atoms with van der Waals surface area (Å²) in [6.45, 7) is 0.0708. The van der Waals surface area contributed by atoms with Crippen molar-refractivity contribution in [3.8, 4) is 11.5 Å². The van der Waals surface area contributed by atoms with Gasteiger partial charge in [-0.15, -0.1) is 0 Å². The van der Waals surface area contributed by atoms with Crippen LogP contribution >= 0.6 is 39.3 Å². The van der Waals surface area contributed by atoms with Crippen LogP contribution in [-0.4, -0.2) is 31.6 Å². The lowest BCUT2D eigenvalue weighted by atomic mass is 10.2. The third kappa shape index (κ3) is 5.72. The van der Waals surface area contributed by atoms with Gasteiger partial charge in [-0.3, -0.25) is 14.5 Å². The van der Waals surface area contributed by atoms with Gasteiger partial charge in [-0.2, -0.15) is 8.42 Å². The van der Waals surface area contributed by atoms with Gasteiger partial charge in [0.05, 0.1) is 23.0 Å². The molecule has 0 saturated carbocycles. The SMILES string of the molecule is COc1ccc(S(=O)(=O)Oc2ccc(/C=C3\SC(=O)N(Cc4ccccc4Cl)C3=O)cc2Br)cc1. The Morgan fingerprint density at radius 2 is 1.77 bits per heavy atom. The zero-order chi connectivity index (χ0) is 25.2. The summed E-state index contributed by atoms with van der Waals surface area (Å²) in [6.07, 6.45) is 1.56. The number of benzene rings is 3. The summed E-state index contributed by atoms with van der Waals surface area (Å²) in [4.78, 5) is 26.6. The molecule has 0 bridgehead atoms. The molecule has 11 heteroatoms. The molecule has 0 atom stereocenters. The van der Waals surface area contributed by atoms with Crippen LogP contribution < -0.4 is 8.92 Å². The Morgan fingerprint density at radius 3 is 2.43 bits per heavy atom. The van der Waals surface area contributed by atoms with E-state index in [4.69, 9.17) is 20.5 Å². The minimum Gasteiger partial charge on any atom is -0.497 e. The summed E-state index contributed by atoms with van der Waals surface area (Å²) < 4.78 is 35.9. The van der Waals surface area contributed by atoms with Crippen molar-refractivity contribution in [2.75, 3.05) is 7.11 Å². The molecule has 1 heterocycles. The van der Waals surface area contributed by atoms with Gasteiger partial charge >= 0.3 is 10.1 Å². The van der Waals surface area contributed by atoms with E-state index < -0.39 is 21.3 Å². The van der Waals surface area contributed by atoms with Gasteiger partial charge < -0.3 is 8.92 Å². The van der Waals surface area contributed by atoms with Crippen LogP contribution in [0.4, 0.5) is 4.79 Å². The normalized spacial score (nSPS) is 15.1. The number of methoxy groups -OCH3 is 1. The maximum atomic E-state index is 12.8. The first-order valence-electron chi connectivity index (χ1n) is 10.0. The molecule has 0 radical (unpaired) electrons. The Hall–Kier alpha value is -2.79. The highest BCUT2D eigenvalue weighted by Gasteiger charge is 2.35. The molecule has 0 unspecified atom stereocenters. The van der Waals surface area contributed by atoms with E-state index in [1.807, 2.05) is 0 Å². The number of nitrogens with zero attached hydrogens (tertiary/aromatic N) is 1. The fourth-order valence-corrected chi connectivity index (χ4v) is 5.73.